The number of hydrogen-bond donors (Lipinski definition) is 10. The molecule has 9 unspecified atom stereocenters. The SMILES string of the molecule is CCC[C@@H](CC)[C@@H](CC)C1O[C@](C)(O[C@@H]2C(O)[C@H](O[C@H]3C(CO)O[C@@H](O[C@H]4C(CO)O[C@@H](OP(C)(=O)OP(C)(=O)OF)C(NC(C)=O)[C@H]4O)C(NC(C)=O)[C@H]3O)OC(CO)[C@@H]2O)C[C@H](CC)[C@H]1NC. The van der Waals surface area contributed by atoms with E-state index >= 15 is 0 Å². The van der Waals surface area contributed by atoms with Crippen LogP contribution in [-0.4, -0.2) is 198 Å². The molecule has 0 aromatic rings. The molecule has 0 aliphatic carbocycles. The van der Waals surface area contributed by atoms with Crippen LogP contribution >= 0.6 is 15.2 Å². The number of carbonyl (C=O) groups excluding carboxylic acids is 2. The summed E-state index contributed by atoms with van der Waals surface area (Å²) in [5.74, 6) is -2.36. The van der Waals surface area contributed by atoms with Gasteiger partial charge < -0.3 is 84.9 Å². The maximum absolute atomic E-state index is 13.1. The van der Waals surface area contributed by atoms with Gasteiger partial charge in [-0.15, -0.1) is 4.73 Å². The summed E-state index contributed by atoms with van der Waals surface area (Å²) in [6, 6.07) is -3.36. The first kappa shape index (κ1) is 60.2. The van der Waals surface area contributed by atoms with E-state index in [2.05, 4.69) is 52.7 Å². The van der Waals surface area contributed by atoms with Crippen LogP contribution in [0.3, 0.4) is 0 Å². The minimum absolute atomic E-state index is 0.0287. The normalized spacial score (nSPS) is 41.3. The number of nitrogens with one attached hydrogen (secondary N) is 3. The van der Waals surface area contributed by atoms with E-state index in [-0.39, 0.29) is 24.0 Å². The highest BCUT2D eigenvalue weighted by molar-refractivity contribution is 7.66. The third kappa shape index (κ3) is 14.9. The van der Waals surface area contributed by atoms with Crippen molar-refractivity contribution in [3.05, 3.63) is 0 Å². The largest absolute Gasteiger partial charge is 0.394 e. The first-order valence-corrected chi connectivity index (χ1v) is 27.6. The van der Waals surface area contributed by atoms with Gasteiger partial charge >= 0.3 is 15.2 Å². The Morgan fingerprint density at radius 2 is 1.26 bits per heavy atom. The second-order valence-electron chi connectivity index (χ2n) is 18.6. The Hall–Kier alpha value is -1.39. The molecule has 0 bridgehead atoms. The zero-order valence-electron chi connectivity index (χ0n) is 41.0. The molecule has 24 nitrogen and oxygen atoms in total. The number of aliphatic hydroxyl groups is 7. The zero-order valence-corrected chi connectivity index (χ0v) is 42.8. The third-order valence-corrected chi connectivity index (χ3v) is 16.6. The van der Waals surface area contributed by atoms with Crippen molar-refractivity contribution in [1.82, 2.24) is 16.0 Å². The zero-order chi connectivity index (χ0) is 51.8. The van der Waals surface area contributed by atoms with E-state index in [0.29, 0.717) is 19.0 Å². The van der Waals surface area contributed by atoms with Crippen molar-refractivity contribution in [3.63, 3.8) is 0 Å². The summed E-state index contributed by atoms with van der Waals surface area (Å²) in [5, 5.41) is 86.8. The molecule has 4 heterocycles. The molecular formula is C42H78FN3O21P2. The fourth-order valence-electron chi connectivity index (χ4n) is 10.3. The smallest absolute Gasteiger partial charge is 0.367 e. The molecule has 0 radical (unpaired) electrons. The van der Waals surface area contributed by atoms with E-state index in [1.54, 1.807) is 6.92 Å². The summed E-state index contributed by atoms with van der Waals surface area (Å²) in [6.45, 7) is 11.2. The number of carbonyl (C=O) groups is 2. The summed E-state index contributed by atoms with van der Waals surface area (Å²) in [7, 11) is -7.25. The van der Waals surface area contributed by atoms with Crippen LogP contribution in [0.15, 0.2) is 0 Å². The Kier molecular flexibility index (Phi) is 22.8. The molecule has 4 rings (SSSR count). The highest BCUT2D eigenvalue weighted by Crippen LogP contribution is 2.62. The second-order valence-corrected chi connectivity index (χ2v) is 22.7. The highest BCUT2D eigenvalue weighted by Gasteiger charge is 2.57. The van der Waals surface area contributed by atoms with Crippen molar-refractivity contribution in [1.29, 1.82) is 0 Å². The van der Waals surface area contributed by atoms with Crippen LogP contribution in [0.1, 0.15) is 87.0 Å². The third-order valence-electron chi connectivity index (χ3n) is 13.4. The summed E-state index contributed by atoms with van der Waals surface area (Å²) in [4.78, 5) is 24.9. The summed E-state index contributed by atoms with van der Waals surface area (Å²) in [6.07, 6.45) is -17.8. The summed E-state index contributed by atoms with van der Waals surface area (Å²) < 4.78 is 94.7. The summed E-state index contributed by atoms with van der Waals surface area (Å²) >= 11 is 0. The van der Waals surface area contributed by atoms with Crippen LogP contribution in [0.25, 0.3) is 0 Å². The molecule has 10 N–H and O–H groups in total. The topological polar surface area (TPSA) is 338 Å². The number of hydrogen-bond acceptors (Lipinski definition) is 22. The van der Waals surface area contributed by atoms with Crippen molar-refractivity contribution in [2.24, 2.45) is 17.8 Å². The van der Waals surface area contributed by atoms with E-state index in [1.807, 2.05) is 7.05 Å². The van der Waals surface area contributed by atoms with Gasteiger partial charge in [0.05, 0.1) is 25.9 Å². The van der Waals surface area contributed by atoms with Crippen molar-refractivity contribution in [3.8, 4) is 0 Å². The Balaban J connectivity index is 1.62. The average Bonchev–Trinajstić information content (AvgIpc) is 3.28. The fourth-order valence-corrected chi connectivity index (χ4v) is 13.2. The van der Waals surface area contributed by atoms with Gasteiger partial charge in [-0.2, -0.15) is 0 Å². The molecule has 0 saturated carbocycles. The first-order chi connectivity index (χ1) is 32.4. The van der Waals surface area contributed by atoms with Crippen molar-refractivity contribution < 1.29 is 106 Å². The van der Waals surface area contributed by atoms with E-state index in [9.17, 15) is 59.0 Å². The van der Waals surface area contributed by atoms with Gasteiger partial charge in [-0.1, -0.05) is 59.8 Å². The monoisotopic (exact) mass is 1040 g/mol. The van der Waals surface area contributed by atoms with Crippen molar-refractivity contribution >= 4 is 27.0 Å². The first-order valence-electron chi connectivity index (χ1n) is 23.7. The minimum atomic E-state index is -4.58. The van der Waals surface area contributed by atoms with E-state index in [1.165, 1.54) is 0 Å². The number of likely N-dealkylation sites (N-methyl/N-ethyl adjacent to an activating group) is 1. The van der Waals surface area contributed by atoms with Crippen molar-refractivity contribution in [2.75, 3.05) is 40.2 Å². The number of ether oxygens (including phenoxy) is 7. The molecule has 4 saturated heterocycles. The highest BCUT2D eigenvalue weighted by atomic mass is 31.3. The van der Waals surface area contributed by atoms with Crippen LogP contribution < -0.4 is 16.0 Å². The van der Waals surface area contributed by atoms with Crippen LogP contribution in [0.2, 0.25) is 0 Å². The van der Waals surface area contributed by atoms with Crippen molar-refractivity contribution in [2.45, 2.75) is 197 Å². The maximum Gasteiger partial charge on any atom is 0.367 e. The summed E-state index contributed by atoms with van der Waals surface area (Å²) in [5.41, 5.74) is 0. The molecule has 0 aromatic carbocycles. The predicted molar refractivity (Wildman–Crippen MR) is 240 cm³/mol. The van der Waals surface area contributed by atoms with Crippen LogP contribution in [-0.2, 0) is 65.4 Å². The quantitative estimate of drug-likeness (QED) is 0.0581. The van der Waals surface area contributed by atoms with Gasteiger partial charge in [-0.05, 0) is 36.3 Å². The van der Waals surface area contributed by atoms with E-state index in [0.717, 1.165) is 52.6 Å². The lowest BCUT2D eigenvalue weighted by molar-refractivity contribution is -0.386. The van der Waals surface area contributed by atoms with Crippen LogP contribution in [0.5, 0.6) is 0 Å². The lowest BCUT2D eigenvalue weighted by Gasteiger charge is -2.53. The van der Waals surface area contributed by atoms with E-state index < -0.39 is 145 Å². The second kappa shape index (κ2) is 26.2. The Labute approximate surface area is 402 Å². The Bertz CT molecular complexity index is 1730. The van der Waals surface area contributed by atoms with Gasteiger partial charge in [-0.25, -0.2) is 4.31 Å². The average molecular weight is 1040 g/mol. The molecule has 4 aliphatic heterocycles. The molecule has 404 valence electrons. The number of aliphatic hydroxyl groups excluding tert-OH is 7. The lowest BCUT2D eigenvalue weighted by atomic mass is 9.73. The lowest BCUT2D eigenvalue weighted by Crippen LogP contribution is -2.70. The molecular weight excluding hydrogens is 963 g/mol. The molecule has 4 fully saturated rings. The van der Waals surface area contributed by atoms with Gasteiger partial charge in [0.2, 0.25) is 11.8 Å². The van der Waals surface area contributed by atoms with Crippen LogP contribution in [0, 0.1) is 17.8 Å². The molecule has 4 aliphatic rings. The fraction of sp³-hybridized carbons (Fsp3) is 0.952. The Morgan fingerprint density at radius 3 is 1.72 bits per heavy atom. The van der Waals surface area contributed by atoms with Crippen LogP contribution in [0.4, 0.5) is 4.53 Å². The Morgan fingerprint density at radius 1 is 0.739 bits per heavy atom. The number of amides is 2. The molecule has 69 heavy (non-hydrogen) atoms. The molecule has 0 aromatic heterocycles. The number of rotatable bonds is 24. The molecule has 23 atom stereocenters. The molecule has 2 amide bonds. The standard InChI is InChI=1S/C42H78FN3O21P2/c1-11-15-22(12-2)24(14-4)35-28(44-8)23(13-3)16-42(7,63-35)64-38-31(52)25(17-47)58-41(34(38)55)62-37-26(18-48)59-39(29(32(37)53)45-20(5)50)61-36-27(19-49)60-40(30(33(36)54)46-21(6)51)65-68(9,56)67-69(10,57)66-43/h22-41,44,47-49,52-55H,11-19H2,1-10H3,(H,45,50)(H,46,51)/t22-,23+,24-,25?,26?,27?,28-,29?,30?,31+,32-,33-,34?,35?,36+,37+,38+,39+,40+,41+,42-,68?,69?/m1/s1. The number of halogens is 1. The van der Waals surface area contributed by atoms with E-state index in [4.69, 9.17) is 37.7 Å². The predicted octanol–water partition coefficient (Wildman–Crippen LogP) is 0.299. The molecule has 0 spiro atoms. The maximum atomic E-state index is 13.1. The molecule has 27 heteroatoms. The van der Waals surface area contributed by atoms with Gasteiger partial charge in [-0.3, -0.25) is 23.2 Å². The minimum Gasteiger partial charge on any atom is -0.394 e. The van der Waals surface area contributed by atoms with Gasteiger partial charge in [0.25, 0.3) is 0 Å². The van der Waals surface area contributed by atoms with Gasteiger partial charge in [0.1, 0.15) is 73.1 Å². The van der Waals surface area contributed by atoms with Gasteiger partial charge in [0.15, 0.2) is 24.7 Å². The van der Waals surface area contributed by atoms with Gasteiger partial charge in [0, 0.05) is 39.6 Å².